The fourth-order valence-electron chi connectivity index (χ4n) is 3.97. The molecule has 33 heavy (non-hydrogen) atoms. The number of esters is 1. The molecular weight excluding hydrogens is 464 g/mol. The zero-order valence-electron chi connectivity index (χ0n) is 19.0. The molecule has 178 valence electrons. The van der Waals surface area contributed by atoms with Crippen molar-refractivity contribution >= 4 is 39.2 Å². The number of hydrogen-bond donors (Lipinski definition) is 0. The molecule has 1 atom stereocenters. The van der Waals surface area contributed by atoms with Crippen LogP contribution in [0.15, 0.2) is 53.4 Å². The lowest BCUT2D eigenvalue weighted by molar-refractivity contribution is -0.141. The summed E-state index contributed by atoms with van der Waals surface area (Å²) in [6, 6.07) is 12.6. The summed E-state index contributed by atoms with van der Waals surface area (Å²) < 4.78 is 32.8. The Balaban J connectivity index is 1.76. The summed E-state index contributed by atoms with van der Waals surface area (Å²) in [6.07, 6.45) is 4.22. The van der Waals surface area contributed by atoms with Crippen molar-refractivity contribution in [3.05, 3.63) is 59.1 Å². The van der Waals surface area contributed by atoms with Crippen LogP contribution in [0.25, 0.3) is 0 Å². The lowest BCUT2D eigenvalue weighted by Crippen LogP contribution is -2.44. The third-order valence-electron chi connectivity index (χ3n) is 6.03. The first-order valence-electron chi connectivity index (χ1n) is 10.9. The van der Waals surface area contributed by atoms with Crippen molar-refractivity contribution in [1.29, 1.82) is 0 Å². The summed E-state index contributed by atoms with van der Waals surface area (Å²) >= 11 is 6.18. The number of benzene rings is 2. The van der Waals surface area contributed by atoms with Crippen LogP contribution in [-0.4, -0.2) is 51.4 Å². The van der Waals surface area contributed by atoms with E-state index in [4.69, 9.17) is 16.3 Å². The molecule has 0 N–H and O–H groups in total. The first-order chi connectivity index (χ1) is 15.6. The van der Waals surface area contributed by atoms with E-state index in [9.17, 15) is 18.0 Å². The van der Waals surface area contributed by atoms with Gasteiger partial charge in [-0.15, -0.1) is 0 Å². The van der Waals surface area contributed by atoms with Crippen LogP contribution in [0.5, 0.6) is 0 Å². The van der Waals surface area contributed by atoms with Gasteiger partial charge in [0.25, 0.3) is 15.9 Å². The van der Waals surface area contributed by atoms with Gasteiger partial charge in [0.05, 0.1) is 16.3 Å². The highest BCUT2D eigenvalue weighted by Crippen LogP contribution is 2.29. The minimum atomic E-state index is -4.03. The molecule has 2 aromatic rings. The Kier molecular flexibility index (Phi) is 8.02. The van der Waals surface area contributed by atoms with E-state index in [2.05, 4.69) is 0 Å². The van der Waals surface area contributed by atoms with E-state index in [1.54, 1.807) is 42.3 Å². The first-order valence-corrected chi connectivity index (χ1v) is 12.8. The monoisotopic (exact) mass is 492 g/mol. The number of carbonyl (C=O) groups is 2. The van der Waals surface area contributed by atoms with Crippen molar-refractivity contribution in [1.82, 2.24) is 4.90 Å². The van der Waals surface area contributed by atoms with Crippen LogP contribution in [0.3, 0.4) is 0 Å². The van der Waals surface area contributed by atoms with Gasteiger partial charge in [-0.25, -0.2) is 13.2 Å². The Morgan fingerprint density at radius 1 is 1.03 bits per heavy atom. The molecule has 7 nitrogen and oxygen atoms in total. The molecule has 0 saturated heterocycles. The van der Waals surface area contributed by atoms with Crippen molar-refractivity contribution in [2.45, 2.75) is 56.1 Å². The molecule has 2 aromatic carbocycles. The van der Waals surface area contributed by atoms with E-state index in [-0.39, 0.29) is 27.4 Å². The van der Waals surface area contributed by atoms with Crippen molar-refractivity contribution in [2.75, 3.05) is 18.4 Å². The highest BCUT2D eigenvalue weighted by Gasteiger charge is 2.29. The summed E-state index contributed by atoms with van der Waals surface area (Å²) in [7, 11) is -0.891. The van der Waals surface area contributed by atoms with Gasteiger partial charge in [0.2, 0.25) is 0 Å². The number of nitrogens with zero attached hydrogens (tertiary/aromatic N) is 2. The number of amides is 1. The Labute approximate surface area is 200 Å². The smallest absolute Gasteiger partial charge is 0.338 e. The Morgan fingerprint density at radius 2 is 1.67 bits per heavy atom. The summed E-state index contributed by atoms with van der Waals surface area (Å²) in [5.41, 5.74) is 0.450. The van der Waals surface area contributed by atoms with E-state index in [0.717, 1.165) is 30.0 Å². The molecule has 0 radical (unpaired) electrons. The maximum absolute atomic E-state index is 13.2. The summed E-state index contributed by atoms with van der Waals surface area (Å²) in [6.45, 7) is 1.52. The van der Waals surface area contributed by atoms with Crippen LogP contribution in [0, 0.1) is 0 Å². The molecule has 1 amide bonds. The summed E-state index contributed by atoms with van der Waals surface area (Å²) in [4.78, 5) is 26.9. The van der Waals surface area contributed by atoms with Crippen molar-refractivity contribution < 1.29 is 22.7 Å². The number of carbonyl (C=O) groups excluding carboxylic acids is 2. The molecule has 0 aromatic heterocycles. The predicted molar refractivity (Wildman–Crippen MR) is 128 cm³/mol. The van der Waals surface area contributed by atoms with Crippen molar-refractivity contribution in [3.8, 4) is 0 Å². The zero-order chi connectivity index (χ0) is 24.2. The quantitative estimate of drug-likeness (QED) is 0.531. The first kappa shape index (κ1) is 25.1. The standard InChI is InChI=1S/C24H29ClN2O5S/c1-17(23(28)26(2)19-10-6-4-7-11-19)32-24(29)18-14-15-21(25)22(16-18)33(30,31)27(3)20-12-8-5-9-13-20/h5,8-9,12-17,19H,4,6-7,10-11H2,1-3H3. The number of halogens is 1. The van der Waals surface area contributed by atoms with E-state index in [1.165, 1.54) is 38.6 Å². The van der Waals surface area contributed by atoms with Crippen molar-refractivity contribution in [2.24, 2.45) is 0 Å². The molecule has 3 rings (SSSR count). The number of rotatable bonds is 7. The second kappa shape index (κ2) is 10.6. The van der Waals surface area contributed by atoms with Gasteiger partial charge in [0.15, 0.2) is 6.10 Å². The molecule has 0 aliphatic heterocycles. The van der Waals surface area contributed by atoms with Crippen LogP contribution >= 0.6 is 11.6 Å². The van der Waals surface area contributed by atoms with E-state index in [0.29, 0.717) is 5.69 Å². The van der Waals surface area contributed by atoms with Gasteiger partial charge in [-0.1, -0.05) is 49.1 Å². The molecule has 9 heteroatoms. The predicted octanol–water partition coefficient (Wildman–Crippen LogP) is 4.50. The van der Waals surface area contributed by atoms with Crippen LogP contribution in [-0.2, 0) is 19.6 Å². The number of sulfonamides is 1. The molecule has 1 fully saturated rings. The Morgan fingerprint density at radius 3 is 2.30 bits per heavy atom. The lowest BCUT2D eigenvalue weighted by Gasteiger charge is -2.32. The van der Waals surface area contributed by atoms with Crippen molar-refractivity contribution in [3.63, 3.8) is 0 Å². The summed E-state index contributed by atoms with van der Waals surface area (Å²) in [5, 5.41) is -0.0181. The van der Waals surface area contributed by atoms with Crippen LogP contribution in [0.1, 0.15) is 49.4 Å². The molecule has 1 aliphatic carbocycles. The molecule has 1 saturated carbocycles. The van der Waals surface area contributed by atoms with Crippen LogP contribution in [0.4, 0.5) is 5.69 Å². The molecule has 1 aliphatic rings. The SMILES string of the molecule is CC(OC(=O)c1ccc(Cl)c(S(=O)(=O)N(C)c2ccccc2)c1)C(=O)N(C)C1CCCCC1. The number of anilines is 1. The third-order valence-corrected chi connectivity index (χ3v) is 8.29. The largest absolute Gasteiger partial charge is 0.449 e. The molecular formula is C24H29ClN2O5S. The minimum absolute atomic E-state index is 0.000550. The van der Waals surface area contributed by atoms with E-state index in [1.807, 2.05) is 0 Å². The molecule has 1 unspecified atom stereocenters. The average molecular weight is 493 g/mol. The number of likely N-dealkylation sites (N-methyl/N-ethyl adjacent to an activating group) is 1. The Hall–Kier alpha value is -2.58. The van der Waals surface area contributed by atoms with E-state index < -0.39 is 22.1 Å². The van der Waals surface area contributed by atoms with Gasteiger partial charge >= 0.3 is 5.97 Å². The Bertz CT molecular complexity index is 1100. The molecule has 0 spiro atoms. The number of para-hydroxylation sites is 1. The highest BCUT2D eigenvalue weighted by atomic mass is 35.5. The summed E-state index contributed by atoms with van der Waals surface area (Å²) in [5.74, 6) is -1.07. The number of hydrogen-bond acceptors (Lipinski definition) is 5. The van der Waals surface area contributed by atoms with Crippen LogP contribution < -0.4 is 4.31 Å². The molecule has 0 bridgehead atoms. The van der Waals surface area contributed by atoms with Gasteiger partial charge < -0.3 is 9.64 Å². The molecule has 0 heterocycles. The second-order valence-electron chi connectivity index (χ2n) is 8.24. The highest BCUT2D eigenvalue weighted by molar-refractivity contribution is 7.93. The van der Waals surface area contributed by atoms with Gasteiger partial charge in [-0.05, 0) is 50.1 Å². The van der Waals surface area contributed by atoms with E-state index >= 15 is 0 Å². The normalized spacial score (nSPS) is 15.5. The number of ether oxygens (including phenoxy) is 1. The van der Waals surface area contributed by atoms with Gasteiger partial charge in [0, 0.05) is 20.1 Å². The fourth-order valence-corrected chi connectivity index (χ4v) is 5.66. The van der Waals surface area contributed by atoms with Gasteiger partial charge in [-0.2, -0.15) is 0 Å². The topological polar surface area (TPSA) is 84.0 Å². The van der Waals surface area contributed by atoms with Gasteiger partial charge in [0.1, 0.15) is 4.90 Å². The minimum Gasteiger partial charge on any atom is -0.449 e. The lowest BCUT2D eigenvalue weighted by atomic mass is 9.94. The fraction of sp³-hybridized carbons (Fsp3) is 0.417. The van der Waals surface area contributed by atoms with Crippen LogP contribution in [0.2, 0.25) is 5.02 Å². The average Bonchev–Trinajstić information content (AvgIpc) is 2.83. The third kappa shape index (κ3) is 5.68. The maximum atomic E-state index is 13.2. The van der Waals surface area contributed by atoms with Gasteiger partial charge in [-0.3, -0.25) is 9.10 Å². The second-order valence-corrected chi connectivity index (χ2v) is 10.6. The maximum Gasteiger partial charge on any atom is 0.338 e. The zero-order valence-corrected chi connectivity index (χ0v) is 20.6.